The van der Waals surface area contributed by atoms with Crippen molar-refractivity contribution in [2.75, 3.05) is 53.5 Å². The largest absolute Gasteiger partial charge is 0.492 e. The van der Waals surface area contributed by atoms with Crippen LogP contribution >= 0.6 is 0 Å². The maximum atomic E-state index is 14.7. The molecule has 1 aromatic carbocycles. The van der Waals surface area contributed by atoms with Crippen LogP contribution in [0.2, 0.25) is 0 Å². The van der Waals surface area contributed by atoms with Crippen molar-refractivity contribution in [3.05, 3.63) is 67.0 Å². The summed E-state index contributed by atoms with van der Waals surface area (Å²) in [5.41, 5.74) is 5.54. The van der Waals surface area contributed by atoms with Gasteiger partial charge in [-0.2, -0.15) is 5.10 Å². The molecule has 0 bridgehead atoms. The summed E-state index contributed by atoms with van der Waals surface area (Å²) in [4.78, 5) is 26.1. The maximum Gasteiger partial charge on any atom is 0.178 e. The van der Waals surface area contributed by atoms with E-state index in [0.29, 0.717) is 53.0 Å². The molecule has 1 aliphatic heterocycles. The van der Waals surface area contributed by atoms with E-state index < -0.39 is 0 Å². The summed E-state index contributed by atoms with van der Waals surface area (Å²) < 4.78 is 26.5. The normalized spacial score (nSPS) is 13.8. The zero-order valence-electron chi connectivity index (χ0n) is 25.3. The second-order valence-electron chi connectivity index (χ2n) is 11.5. The number of ether oxygens (including phenoxy) is 2. The van der Waals surface area contributed by atoms with Gasteiger partial charge in [-0.15, -0.1) is 0 Å². The highest BCUT2D eigenvalue weighted by atomic mass is 19.1. The molecule has 2 N–H and O–H groups in total. The van der Waals surface area contributed by atoms with E-state index in [-0.39, 0.29) is 5.82 Å². The molecular weight excluding hydrogens is 573 g/mol. The summed E-state index contributed by atoms with van der Waals surface area (Å²) in [5.74, 6) is 1.32. The number of pyridine rings is 3. The molecule has 1 saturated heterocycles. The lowest BCUT2D eigenvalue weighted by Crippen LogP contribution is -2.25. The van der Waals surface area contributed by atoms with E-state index >= 15 is 0 Å². The number of fused-ring (bicyclic) bond motifs is 2. The molecule has 0 spiro atoms. The molecular formula is C33H34FN9O2. The predicted octanol–water partition coefficient (Wildman–Crippen LogP) is 5.18. The number of hydrogen-bond donors (Lipinski definition) is 2. The van der Waals surface area contributed by atoms with Crippen LogP contribution in [0, 0.1) is 5.82 Å². The number of imidazole rings is 1. The Morgan fingerprint density at radius 3 is 2.64 bits per heavy atom. The molecule has 0 radical (unpaired) electrons. The molecule has 0 unspecified atom stereocenters. The number of nitrogens with one attached hydrogen (secondary N) is 2. The highest BCUT2D eigenvalue weighted by molar-refractivity contribution is 5.96. The van der Waals surface area contributed by atoms with Crippen molar-refractivity contribution in [1.82, 2.24) is 44.9 Å². The minimum atomic E-state index is -0.383. The lowest BCUT2D eigenvalue weighted by atomic mass is 10.1. The molecule has 45 heavy (non-hydrogen) atoms. The fourth-order valence-electron chi connectivity index (χ4n) is 5.60. The average Bonchev–Trinajstić information content (AvgIpc) is 3.80. The van der Waals surface area contributed by atoms with E-state index in [4.69, 9.17) is 14.5 Å². The molecule has 230 valence electrons. The van der Waals surface area contributed by atoms with Gasteiger partial charge >= 0.3 is 0 Å². The summed E-state index contributed by atoms with van der Waals surface area (Å²) in [6.45, 7) is 4.97. The van der Waals surface area contributed by atoms with Crippen LogP contribution in [0.15, 0.2) is 61.2 Å². The molecule has 6 heterocycles. The molecule has 1 fully saturated rings. The average molecular weight is 608 g/mol. The minimum absolute atomic E-state index is 0.383. The van der Waals surface area contributed by atoms with Crippen molar-refractivity contribution in [3.8, 4) is 45.4 Å². The number of halogens is 1. The monoisotopic (exact) mass is 607 g/mol. The number of hydrogen-bond acceptors (Lipinski definition) is 9. The molecule has 0 atom stereocenters. The van der Waals surface area contributed by atoms with E-state index in [1.807, 2.05) is 43.3 Å². The third-order valence-electron chi connectivity index (χ3n) is 7.94. The number of H-pyrrole nitrogens is 2. The van der Waals surface area contributed by atoms with E-state index in [2.05, 4.69) is 35.0 Å². The van der Waals surface area contributed by atoms with E-state index in [1.54, 1.807) is 24.8 Å². The SMILES string of the molecule is CN(C)CCOc1cc(F)cc(-c2ccnc3nc(-c4n[nH]c5cnc(-c6cncc(OCCN7CCCC7)c6)cc45)[nH]c23)c1. The van der Waals surface area contributed by atoms with Crippen molar-refractivity contribution in [2.24, 2.45) is 0 Å². The van der Waals surface area contributed by atoms with E-state index in [1.165, 1.54) is 25.0 Å². The van der Waals surface area contributed by atoms with Crippen molar-refractivity contribution >= 4 is 22.1 Å². The second-order valence-corrected chi connectivity index (χ2v) is 11.5. The van der Waals surface area contributed by atoms with E-state index in [9.17, 15) is 4.39 Å². The van der Waals surface area contributed by atoms with Gasteiger partial charge in [-0.05, 0) is 75.9 Å². The van der Waals surface area contributed by atoms with Gasteiger partial charge in [-0.1, -0.05) is 0 Å². The number of aromatic amines is 2. The van der Waals surface area contributed by atoms with Gasteiger partial charge in [0, 0.05) is 48.1 Å². The molecule has 6 aromatic rings. The Morgan fingerprint density at radius 1 is 0.933 bits per heavy atom. The Balaban J connectivity index is 1.17. The van der Waals surface area contributed by atoms with Crippen molar-refractivity contribution < 1.29 is 13.9 Å². The number of nitrogens with zero attached hydrogens (tertiary/aromatic N) is 7. The predicted molar refractivity (Wildman–Crippen MR) is 171 cm³/mol. The van der Waals surface area contributed by atoms with Gasteiger partial charge in [0.2, 0.25) is 0 Å². The van der Waals surface area contributed by atoms with Crippen LogP contribution in [0.1, 0.15) is 12.8 Å². The molecule has 0 saturated carbocycles. The third-order valence-corrected chi connectivity index (χ3v) is 7.94. The molecule has 5 aromatic heterocycles. The lowest BCUT2D eigenvalue weighted by molar-refractivity contribution is 0.237. The zero-order valence-corrected chi connectivity index (χ0v) is 25.3. The summed E-state index contributed by atoms with van der Waals surface area (Å²) in [6.07, 6.45) is 9.43. The summed E-state index contributed by atoms with van der Waals surface area (Å²) in [7, 11) is 3.93. The summed E-state index contributed by atoms with van der Waals surface area (Å²) in [6, 6.07) is 10.5. The first-order valence-corrected chi connectivity index (χ1v) is 15.1. The van der Waals surface area contributed by atoms with Gasteiger partial charge < -0.3 is 19.4 Å². The Labute approximate surface area is 259 Å². The fourth-order valence-corrected chi connectivity index (χ4v) is 5.60. The zero-order chi connectivity index (χ0) is 30.8. The Hall–Kier alpha value is -4.94. The van der Waals surface area contributed by atoms with Crippen LogP contribution in [-0.4, -0.2) is 98.4 Å². The van der Waals surface area contributed by atoms with Crippen LogP contribution < -0.4 is 9.47 Å². The number of likely N-dealkylation sites (N-methyl/N-ethyl adjacent to an activating group) is 1. The quantitative estimate of drug-likeness (QED) is 0.205. The number of rotatable bonds is 11. The first-order chi connectivity index (χ1) is 22.0. The lowest BCUT2D eigenvalue weighted by Gasteiger charge is -2.15. The van der Waals surface area contributed by atoms with E-state index in [0.717, 1.165) is 53.9 Å². The van der Waals surface area contributed by atoms with Gasteiger partial charge in [0.1, 0.15) is 36.2 Å². The Kier molecular flexibility index (Phi) is 8.05. The number of likely N-dealkylation sites (tertiary alicyclic amines) is 1. The van der Waals surface area contributed by atoms with Gasteiger partial charge in [0.15, 0.2) is 11.5 Å². The fraction of sp³-hybridized carbons (Fsp3) is 0.303. The highest BCUT2D eigenvalue weighted by Crippen LogP contribution is 2.33. The van der Waals surface area contributed by atoms with Crippen molar-refractivity contribution in [2.45, 2.75) is 12.8 Å². The molecule has 0 aliphatic carbocycles. The molecule has 12 heteroatoms. The van der Waals surface area contributed by atoms with Crippen LogP contribution in [-0.2, 0) is 0 Å². The summed E-state index contributed by atoms with van der Waals surface area (Å²) >= 11 is 0. The molecule has 7 rings (SSSR count). The molecule has 1 aliphatic rings. The molecule has 11 nitrogen and oxygen atoms in total. The van der Waals surface area contributed by atoms with Crippen LogP contribution in [0.25, 0.3) is 56.0 Å². The first-order valence-electron chi connectivity index (χ1n) is 15.1. The Morgan fingerprint density at radius 2 is 1.78 bits per heavy atom. The topological polar surface area (TPSA) is 121 Å². The van der Waals surface area contributed by atoms with Gasteiger partial charge in [-0.3, -0.25) is 20.0 Å². The minimum Gasteiger partial charge on any atom is -0.492 e. The van der Waals surface area contributed by atoms with Crippen LogP contribution in [0.4, 0.5) is 4.39 Å². The smallest absolute Gasteiger partial charge is 0.178 e. The van der Waals surface area contributed by atoms with Gasteiger partial charge in [-0.25, -0.2) is 14.4 Å². The van der Waals surface area contributed by atoms with Gasteiger partial charge in [0.25, 0.3) is 0 Å². The number of benzene rings is 1. The second kappa shape index (κ2) is 12.6. The highest BCUT2D eigenvalue weighted by Gasteiger charge is 2.18. The van der Waals surface area contributed by atoms with Crippen LogP contribution in [0.5, 0.6) is 11.5 Å². The summed E-state index contributed by atoms with van der Waals surface area (Å²) in [5, 5.41) is 8.45. The number of aromatic nitrogens is 7. The Bertz CT molecular complexity index is 1950. The van der Waals surface area contributed by atoms with Crippen LogP contribution in [0.3, 0.4) is 0 Å². The third kappa shape index (κ3) is 6.33. The first kappa shape index (κ1) is 28.8. The van der Waals surface area contributed by atoms with Crippen molar-refractivity contribution in [1.29, 1.82) is 0 Å². The van der Waals surface area contributed by atoms with Gasteiger partial charge in [0.05, 0.1) is 29.1 Å². The van der Waals surface area contributed by atoms with Crippen molar-refractivity contribution in [3.63, 3.8) is 0 Å². The maximum absolute atomic E-state index is 14.7. The molecule has 0 amide bonds. The standard InChI is InChI=1S/C33H34FN9O2/c1-42(2)9-11-44-24-14-21(13-23(34)16-24)26-5-6-36-32-30(26)38-33(39-32)31-27-17-28(37-20-29(27)40-41-31)22-15-25(19-35-18-22)45-12-10-43-7-3-4-8-43/h5-6,13-20H,3-4,7-12H2,1-2H3,(H,40,41)(H,36,38,39).